The van der Waals surface area contributed by atoms with E-state index in [-0.39, 0.29) is 24.1 Å². The maximum absolute atomic E-state index is 9.50. The van der Waals surface area contributed by atoms with Gasteiger partial charge in [-0.1, -0.05) is 20.8 Å². The summed E-state index contributed by atoms with van der Waals surface area (Å²) in [5.74, 6) is 0.793. The van der Waals surface area contributed by atoms with Crippen LogP contribution in [0.3, 0.4) is 0 Å². The molecule has 0 bridgehead atoms. The molecule has 0 radical (unpaired) electrons. The highest BCUT2D eigenvalue weighted by atomic mass is 16.3. The molecule has 0 aliphatic carbocycles. The number of aliphatic hydroxyl groups excluding tert-OH is 1. The summed E-state index contributed by atoms with van der Waals surface area (Å²) in [5, 5.41) is 13.0. The van der Waals surface area contributed by atoms with Crippen molar-refractivity contribution in [2.24, 2.45) is 5.41 Å². The molecule has 1 rings (SSSR count). The molecule has 0 aromatic carbocycles. The van der Waals surface area contributed by atoms with Crippen molar-refractivity contribution >= 4 is 0 Å². The fourth-order valence-corrected chi connectivity index (χ4v) is 2.38. The van der Waals surface area contributed by atoms with Gasteiger partial charge in [0.25, 0.3) is 0 Å². The monoisotopic (exact) mass is 265 g/mol. The lowest BCUT2D eigenvalue weighted by molar-refractivity contribution is 0.190. The van der Waals surface area contributed by atoms with Gasteiger partial charge in [-0.15, -0.1) is 0 Å². The van der Waals surface area contributed by atoms with Crippen LogP contribution in [-0.2, 0) is 0 Å². The van der Waals surface area contributed by atoms with Crippen LogP contribution < -0.4 is 5.32 Å². The van der Waals surface area contributed by atoms with Crippen LogP contribution >= 0.6 is 0 Å². The zero-order valence-corrected chi connectivity index (χ0v) is 13.0. The van der Waals surface area contributed by atoms with Crippen LogP contribution in [0.15, 0.2) is 6.20 Å². The van der Waals surface area contributed by atoms with Crippen molar-refractivity contribution in [3.05, 3.63) is 23.3 Å². The van der Waals surface area contributed by atoms with Crippen molar-refractivity contribution in [1.29, 1.82) is 0 Å². The van der Waals surface area contributed by atoms with Gasteiger partial charge in [0.05, 0.1) is 6.61 Å². The van der Waals surface area contributed by atoms with Gasteiger partial charge in [0.2, 0.25) is 0 Å². The van der Waals surface area contributed by atoms with Gasteiger partial charge in [-0.2, -0.15) is 0 Å². The second-order valence-corrected chi connectivity index (χ2v) is 6.49. The summed E-state index contributed by atoms with van der Waals surface area (Å²) in [5.41, 5.74) is 2.29. The minimum Gasteiger partial charge on any atom is -0.395 e. The number of hydrogen-bond donors (Lipinski definition) is 2. The van der Waals surface area contributed by atoms with Crippen molar-refractivity contribution in [3.8, 4) is 0 Å². The van der Waals surface area contributed by atoms with E-state index in [2.05, 4.69) is 43.0 Å². The van der Waals surface area contributed by atoms with E-state index >= 15 is 0 Å². The Bertz CT molecular complexity index is 412. The first-order chi connectivity index (χ1) is 8.73. The number of hydrogen-bond acceptors (Lipinski definition) is 4. The number of aryl methyl sites for hydroxylation is 2. The van der Waals surface area contributed by atoms with Crippen molar-refractivity contribution in [2.75, 3.05) is 6.61 Å². The quantitative estimate of drug-likeness (QED) is 0.859. The molecule has 0 saturated heterocycles. The number of nitrogens with one attached hydrogen (secondary N) is 1. The summed E-state index contributed by atoms with van der Waals surface area (Å²) in [6.07, 6.45) is 2.81. The van der Waals surface area contributed by atoms with Crippen LogP contribution in [0.2, 0.25) is 0 Å². The summed E-state index contributed by atoms with van der Waals surface area (Å²) in [6.45, 7) is 12.7. The molecule has 1 heterocycles. The van der Waals surface area contributed by atoms with Gasteiger partial charge >= 0.3 is 0 Å². The molecule has 0 aliphatic heterocycles. The van der Waals surface area contributed by atoms with E-state index in [1.807, 2.05) is 20.0 Å². The Balaban J connectivity index is 2.74. The van der Waals surface area contributed by atoms with Crippen LogP contribution in [0.1, 0.15) is 57.2 Å². The standard InChI is InChI=1S/C15H27N3O/c1-10-14(8-16-12(3)17-10)11(2)18-13(9-19)7-15(4,5)6/h8,11,13,18-19H,7,9H2,1-6H3. The van der Waals surface area contributed by atoms with E-state index in [0.717, 1.165) is 23.5 Å². The van der Waals surface area contributed by atoms with E-state index in [1.165, 1.54) is 0 Å². The summed E-state index contributed by atoms with van der Waals surface area (Å²) in [6, 6.07) is 0.232. The van der Waals surface area contributed by atoms with Gasteiger partial charge in [0, 0.05) is 29.5 Å². The zero-order valence-electron chi connectivity index (χ0n) is 13.0. The minimum atomic E-state index is 0.0932. The Hall–Kier alpha value is -1.00. The molecular weight excluding hydrogens is 238 g/mol. The van der Waals surface area contributed by atoms with Crippen molar-refractivity contribution in [2.45, 2.75) is 60.0 Å². The average Bonchev–Trinajstić information content (AvgIpc) is 2.25. The highest BCUT2D eigenvalue weighted by Crippen LogP contribution is 2.23. The first kappa shape index (κ1) is 16.1. The van der Waals surface area contributed by atoms with Gasteiger partial charge in [-0.25, -0.2) is 9.97 Å². The molecule has 0 saturated carbocycles. The summed E-state index contributed by atoms with van der Waals surface area (Å²) >= 11 is 0. The summed E-state index contributed by atoms with van der Waals surface area (Å²) in [4.78, 5) is 8.64. The Morgan fingerprint density at radius 2 is 1.95 bits per heavy atom. The summed E-state index contributed by atoms with van der Waals surface area (Å²) in [7, 11) is 0. The Morgan fingerprint density at radius 1 is 1.32 bits per heavy atom. The molecule has 4 heteroatoms. The molecular formula is C15H27N3O. The molecule has 4 nitrogen and oxygen atoms in total. The minimum absolute atomic E-state index is 0.0932. The van der Waals surface area contributed by atoms with Gasteiger partial charge in [0.1, 0.15) is 5.82 Å². The summed E-state index contributed by atoms with van der Waals surface area (Å²) < 4.78 is 0. The molecule has 0 amide bonds. The topological polar surface area (TPSA) is 58.0 Å². The molecule has 2 atom stereocenters. The molecule has 2 unspecified atom stereocenters. The van der Waals surface area contributed by atoms with Gasteiger partial charge in [-0.05, 0) is 32.6 Å². The van der Waals surface area contributed by atoms with Crippen molar-refractivity contribution < 1.29 is 5.11 Å². The highest BCUT2D eigenvalue weighted by Gasteiger charge is 2.21. The smallest absolute Gasteiger partial charge is 0.125 e. The molecule has 0 spiro atoms. The molecule has 19 heavy (non-hydrogen) atoms. The SMILES string of the molecule is Cc1ncc(C(C)NC(CO)CC(C)(C)C)c(C)n1. The first-order valence-electron chi connectivity index (χ1n) is 6.90. The van der Waals surface area contributed by atoms with Crippen LogP contribution in [0.4, 0.5) is 0 Å². The van der Waals surface area contributed by atoms with Gasteiger partial charge in [0.15, 0.2) is 0 Å². The normalized spacial score (nSPS) is 15.3. The van der Waals surface area contributed by atoms with E-state index in [4.69, 9.17) is 0 Å². The predicted octanol–water partition coefficient (Wildman–Crippen LogP) is 2.54. The second-order valence-electron chi connectivity index (χ2n) is 6.49. The molecule has 0 aliphatic rings. The predicted molar refractivity (Wildman–Crippen MR) is 78.0 cm³/mol. The number of aliphatic hydroxyl groups is 1. The van der Waals surface area contributed by atoms with E-state index in [0.29, 0.717) is 0 Å². The third-order valence-corrected chi connectivity index (χ3v) is 3.17. The average molecular weight is 265 g/mol. The van der Waals surface area contributed by atoms with Crippen LogP contribution in [0.25, 0.3) is 0 Å². The van der Waals surface area contributed by atoms with Gasteiger partial charge < -0.3 is 10.4 Å². The highest BCUT2D eigenvalue weighted by molar-refractivity contribution is 5.19. The Labute approximate surface area is 116 Å². The van der Waals surface area contributed by atoms with Crippen molar-refractivity contribution in [3.63, 3.8) is 0 Å². The van der Waals surface area contributed by atoms with E-state index in [1.54, 1.807) is 0 Å². The molecule has 1 aromatic rings. The zero-order chi connectivity index (χ0) is 14.6. The first-order valence-corrected chi connectivity index (χ1v) is 6.90. The number of nitrogens with zero attached hydrogens (tertiary/aromatic N) is 2. The maximum atomic E-state index is 9.50. The number of rotatable bonds is 5. The van der Waals surface area contributed by atoms with Crippen LogP contribution in [0, 0.1) is 19.3 Å². The third kappa shape index (κ3) is 5.25. The van der Waals surface area contributed by atoms with Crippen LogP contribution in [0.5, 0.6) is 0 Å². The largest absolute Gasteiger partial charge is 0.395 e. The fourth-order valence-electron chi connectivity index (χ4n) is 2.38. The maximum Gasteiger partial charge on any atom is 0.125 e. The Kier molecular flexibility index (Phi) is 5.44. The molecule has 1 aromatic heterocycles. The molecule has 108 valence electrons. The molecule has 0 fully saturated rings. The van der Waals surface area contributed by atoms with Crippen LogP contribution in [-0.4, -0.2) is 27.7 Å². The number of aromatic nitrogens is 2. The van der Waals surface area contributed by atoms with Gasteiger partial charge in [-0.3, -0.25) is 0 Å². The van der Waals surface area contributed by atoms with E-state index in [9.17, 15) is 5.11 Å². The van der Waals surface area contributed by atoms with Crippen molar-refractivity contribution in [1.82, 2.24) is 15.3 Å². The van der Waals surface area contributed by atoms with E-state index < -0.39 is 0 Å². The lowest BCUT2D eigenvalue weighted by Crippen LogP contribution is -2.37. The lowest BCUT2D eigenvalue weighted by atomic mass is 9.88. The molecule has 2 N–H and O–H groups in total. The second kappa shape index (κ2) is 6.44. The third-order valence-electron chi connectivity index (χ3n) is 3.17. The lowest BCUT2D eigenvalue weighted by Gasteiger charge is -2.28. The fraction of sp³-hybridized carbons (Fsp3) is 0.733. The Morgan fingerprint density at radius 3 is 2.42 bits per heavy atom.